The largest absolute Gasteiger partial charge is 0.493 e. The van der Waals surface area contributed by atoms with Crippen molar-refractivity contribution in [3.8, 4) is 5.75 Å². The highest BCUT2D eigenvalue weighted by atomic mass is 32.2. The molecule has 0 saturated carbocycles. The summed E-state index contributed by atoms with van der Waals surface area (Å²) in [5.41, 5.74) is 6.08. The third-order valence-corrected chi connectivity index (χ3v) is 6.97. The van der Waals surface area contributed by atoms with Crippen LogP contribution in [0.5, 0.6) is 5.75 Å². The maximum absolute atomic E-state index is 14.7. The van der Waals surface area contributed by atoms with Crippen molar-refractivity contribution in [3.05, 3.63) is 64.8 Å². The summed E-state index contributed by atoms with van der Waals surface area (Å²) in [7, 11) is 0. The summed E-state index contributed by atoms with van der Waals surface area (Å²) < 4.78 is 62.2. The van der Waals surface area contributed by atoms with E-state index in [1.807, 2.05) is 0 Å². The Morgan fingerprint density at radius 3 is 2.74 bits per heavy atom. The standard InChI is InChI=1S/C21H19F4N3O2S/c1-11(29)28-21(31-20(27-28)14-4-2-13(22)3-5-16(14)23)12(6-7-26)10-30-19-9-18(25)17(24)8-15(19)21/h2-3,5,8-9,12H,4,6-7,10,26H2,1H3. The molecule has 2 atom stereocenters. The number of ether oxygens (including phenoxy) is 1. The molecule has 31 heavy (non-hydrogen) atoms. The van der Waals surface area contributed by atoms with Crippen LogP contribution in [0.15, 0.2) is 52.7 Å². The van der Waals surface area contributed by atoms with Crippen molar-refractivity contribution < 1.29 is 27.1 Å². The van der Waals surface area contributed by atoms with E-state index >= 15 is 0 Å². The molecule has 0 fully saturated rings. The minimum atomic E-state index is -1.31. The van der Waals surface area contributed by atoms with Crippen molar-refractivity contribution in [2.75, 3.05) is 13.2 Å². The lowest BCUT2D eigenvalue weighted by atomic mass is 9.86. The number of allylic oxidation sites excluding steroid dienone is 5. The van der Waals surface area contributed by atoms with Gasteiger partial charge in [0.15, 0.2) is 16.5 Å². The van der Waals surface area contributed by atoms with E-state index in [1.165, 1.54) is 13.0 Å². The van der Waals surface area contributed by atoms with E-state index < -0.39 is 40.0 Å². The molecule has 2 N–H and O–H groups in total. The number of amides is 1. The highest BCUT2D eigenvalue weighted by Gasteiger charge is 2.57. The summed E-state index contributed by atoms with van der Waals surface area (Å²) in [6.45, 7) is 1.59. The summed E-state index contributed by atoms with van der Waals surface area (Å²) in [4.78, 5) is 11.3. The van der Waals surface area contributed by atoms with Gasteiger partial charge in [0.05, 0.1) is 6.61 Å². The molecule has 0 aromatic heterocycles. The Hall–Kier alpha value is -2.59. The number of nitrogens with two attached hydrogens (primary N) is 1. The van der Waals surface area contributed by atoms with Gasteiger partial charge in [0.25, 0.3) is 0 Å². The molecule has 2 aliphatic heterocycles. The van der Waals surface area contributed by atoms with E-state index in [1.54, 1.807) is 0 Å². The number of hydrazone groups is 1. The zero-order valence-corrected chi connectivity index (χ0v) is 17.3. The SMILES string of the molecule is CC(=O)N1N=C(C2=C(F)C=CC(F)=CC2)SC12c1cc(F)c(F)cc1OCC2CCN. The normalized spacial score (nSPS) is 25.2. The molecule has 3 aliphatic rings. The third kappa shape index (κ3) is 3.57. The Balaban J connectivity index is 1.89. The molecular formula is C21H19F4N3O2S. The van der Waals surface area contributed by atoms with E-state index in [0.29, 0.717) is 6.42 Å². The number of rotatable bonds is 3. The monoisotopic (exact) mass is 453 g/mol. The van der Waals surface area contributed by atoms with Crippen LogP contribution in [0.2, 0.25) is 0 Å². The number of fused-ring (bicyclic) bond motifs is 2. The first kappa shape index (κ1) is 21.6. The molecule has 1 aliphatic carbocycles. The molecule has 2 unspecified atom stereocenters. The summed E-state index contributed by atoms with van der Waals surface area (Å²) in [6.07, 6.45) is 3.49. The van der Waals surface area contributed by atoms with Crippen molar-refractivity contribution >= 4 is 22.7 Å². The molecule has 10 heteroatoms. The van der Waals surface area contributed by atoms with Gasteiger partial charge in [-0.2, -0.15) is 5.10 Å². The Bertz CT molecular complexity index is 1070. The van der Waals surface area contributed by atoms with E-state index in [0.717, 1.165) is 41.1 Å². The fourth-order valence-corrected chi connectivity index (χ4v) is 5.57. The van der Waals surface area contributed by atoms with E-state index in [9.17, 15) is 22.4 Å². The number of hydrogen-bond acceptors (Lipinski definition) is 5. The van der Waals surface area contributed by atoms with Gasteiger partial charge in [0, 0.05) is 30.0 Å². The molecule has 1 amide bonds. The third-order valence-electron chi connectivity index (χ3n) is 5.41. The number of thioether (sulfide) groups is 1. The molecule has 1 aromatic rings. The average Bonchev–Trinajstić information content (AvgIpc) is 3.03. The van der Waals surface area contributed by atoms with Crippen LogP contribution in [-0.4, -0.2) is 29.1 Å². The van der Waals surface area contributed by atoms with Gasteiger partial charge in [0.2, 0.25) is 5.91 Å². The van der Waals surface area contributed by atoms with Gasteiger partial charge < -0.3 is 10.5 Å². The zero-order chi connectivity index (χ0) is 22.3. The summed E-state index contributed by atoms with van der Waals surface area (Å²) in [6, 6.07) is 1.90. The maximum Gasteiger partial charge on any atom is 0.241 e. The van der Waals surface area contributed by atoms with Crippen LogP contribution < -0.4 is 10.5 Å². The topological polar surface area (TPSA) is 67.9 Å². The highest BCUT2D eigenvalue weighted by molar-refractivity contribution is 8.15. The average molecular weight is 453 g/mol. The van der Waals surface area contributed by atoms with Crippen LogP contribution in [0.25, 0.3) is 0 Å². The predicted octanol–water partition coefficient (Wildman–Crippen LogP) is 4.42. The van der Waals surface area contributed by atoms with Crippen LogP contribution in [0.4, 0.5) is 17.6 Å². The van der Waals surface area contributed by atoms with Crippen molar-refractivity contribution in [3.63, 3.8) is 0 Å². The molecule has 164 valence electrons. The van der Waals surface area contributed by atoms with Crippen LogP contribution >= 0.6 is 11.8 Å². The number of hydrogen-bond donors (Lipinski definition) is 1. The molecule has 2 heterocycles. The van der Waals surface area contributed by atoms with Crippen LogP contribution in [0.1, 0.15) is 25.3 Å². The molecule has 5 nitrogen and oxygen atoms in total. The maximum atomic E-state index is 14.7. The lowest BCUT2D eigenvalue weighted by Gasteiger charge is -2.45. The highest BCUT2D eigenvalue weighted by Crippen LogP contribution is 2.58. The second-order valence-corrected chi connectivity index (χ2v) is 8.55. The number of carbonyl (C=O) groups is 1. The minimum Gasteiger partial charge on any atom is -0.493 e. The lowest BCUT2D eigenvalue weighted by molar-refractivity contribution is -0.134. The Labute approximate surface area is 180 Å². The van der Waals surface area contributed by atoms with Gasteiger partial charge in [-0.1, -0.05) is 11.8 Å². The van der Waals surface area contributed by atoms with Crippen molar-refractivity contribution in [1.82, 2.24) is 5.01 Å². The lowest BCUT2D eigenvalue weighted by Crippen LogP contribution is -2.51. The molecular weight excluding hydrogens is 434 g/mol. The summed E-state index contributed by atoms with van der Waals surface area (Å²) in [5.74, 6) is -4.33. The first-order chi connectivity index (χ1) is 14.8. The fraction of sp³-hybridized carbons (Fsp3) is 0.333. The van der Waals surface area contributed by atoms with Gasteiger partial charge >= 0.3 is 0 Å². The van der Waals surface area contributed by atoms with Crippen molar-refractivity contribution in [2.45, 2.75) is 24.6 Å². The van der Waals surface area contributed by atoms with Crippen molar-refractivity contribution in [1.29, 1.82) is 0 Å². The number of halogens is 4. The number of benzene rings is 1. The quantitative estimate of drug-likeness (QED) is 0.688. The smallest absolute Gasteiger partial charge is 0.241 e. The van der Waals surface area contributed by atoms with E-state index in [2.05, 4.69) is 5.10 Å². The first-order valence-electron chi connectivity index (χ1n) is 9.61. The second kappa shape index (κ2) is 8.16. The van der Waals surface area contributed by atoms with Crippen LogP contribution in [-0.2, 0) is 9.67 Å². The van der Waals surface area contributed by atoms with Gasteiger partial charge in [-0.3, -0.25) is 4.79 Å². The molecule has 1 spiro atoms. The summed E-state index contributed by atoms with van der Waals surface area (Å²) in [5, 5.41) is 5.67. The first-order valence-corrected chi connectivity index (χ1v) is 10.4. The molecule has 0 radical (unpaired) electrons. The number of carbonyl (C=O) groups excluding carboxylic acids is 1. The van der Waals surface area contributed by atoms with Crippen LogP contribution in [0, 0.1) is 17.6 Å². The van der Waals surface area contributed by atoms with E-state index in [4.69, 9.17) is 10.5 Å². The Kier molecular flexibility index (Phi) is 5.69. The van der Waals surface area contributed by atoms with Gasteiger partial charge in [-0.25, -0.2) is 22.6 Å². The van der Waals surface area contributed by atoms with Crippen molar-refractivity contribution in [2.24, 2.45) is 16.8 Å². The number of nitrogens with zero attached hydrogens (tertiary/aromatic N) is 2. The fourth-order valence-electron chi connectivity index (χ4n) is 3.97. The Morgan fingerprint density at radius 1 is 1.29 bits per heavy atom. The molecule has 0 bridgehead atoms. The van der Waals surface area contributed by atoms with Gasteiger partial charge in [-0.05, 0) is 43.7 Å². The van der Waals surface area contributed by atoms with Gasteiger partial charge in [-0.15, -0.1) is 0 Å². The Morgan fingerprint density at radius 2 is 2.03 bits per heavy atom. The van der Waals surface area contributed by atoms with E-state index in [-0.39, 0.29) is 41.5 Å². The van der Waals surface area contributed by atoms with Gasteiger partial charge in [0.1, 0.15) is 22.4 Å². The predicted molar refractivity (Wildman–Crippen MR) is 109 cm³/mol. The molecule has 4 rings (SSSR count). The molecule has 0 saturated heterocycles. The minimum absolute atomic E-state index is 0.0727. The second-order valence-electron chi connectivity index (χ2n) is 7.34. The zero-order valence-electron chi connectivity index (χ0n) is 16.5. The summed E-state index contributed by atoms with van der Waals surface area (Å²) >= 11 is 1.04. The molecule has 1 aromatic carbocycles. The van der Waals surface area contributed by atoms with Crippen LogP contribution in [0.3, 0.4) is 0 Å².